The first-order valence-electron chi connectivity index (χ1n) is 7.10. The SMILES string of the molecule is Fc1cc(Br)cc(COc2ccccc2CNC2CC2)c1. The first-order valence-corrected chi connectivity index (χ1v) is 7.89. The topological polar surface area (TPSA) is 21.3 Å². The minimum absolute atomic E-state index is 0.258. The third-order valence-electron chi connectivity index (χ3n) is 3.45. The van der Waals surface area contributed by atoms with Gasteiger partial charge >= 0.3 is 0 Å². The van der Waals surface area contributed by atoms with Crippen molar-refractivity contribution in [2.24, 2.45) is 0 Å². The highest BCUT2D eigenvalue weighted by Crippen LogP contribution is 2.24. The van der Waals surface area contributed by atoms with E-state index >= 15 is 0 Å². The van der Waals surface area contributed by atoms with Crippen molar-refractivity contribution in [3.8, 4) is 5.75 Å². The van der Waals surface area contributed by atoms with E-state index in [4.69, 9.17) is 4.74 Å². The van der Waals surface area contributed by atoms with Crippen molar-refractivity contribution >= 4 is 15.9 Å². The van der Waals surface area contributed by atoms with Crippen molar-refractivity contribution in [1.82, 2.24) is 5.32 Å². The molecule has 0 atom stereocenters. The third-order valence-corrected chi connectivity index (χ3v) is 3.91. The second-order valence-electron chi connectivity index (χ2n) is 5.33. The predicted molar refractivity (Wildman–Crippen MR) is 84.7 cm³/mol. The summed E-state index contributed by atoms with van der Waals surface area (Å²) in [7, 11) is 0. The van der Waals surface area contributed by atoms with Gasteiger partial charge in [-0.2, -0.15) is 0 Å². The summed E-state index contributed by atoms with van der Waals surface area (Å²) in [6.07, 6.45) is 2.53. The first kappa shape index (κ1) is 14.5. The van der Waals surface area contributed by atoms with E-state index in [0.717, 1.165) is 27.9 Å². The number of para-hydroxylation sites is 1. The molecule has 1 aliphatic carbocycles. The van der Waals surface area contributed by atoms with Crippen LogP contribution in [-0.2, 0) is 13.2 Å². The average Bonchev–Trinajstić information content (AvgIpc) is 3.27. The summed E-state index contributed by atoms with van der Waals surface area (Å²) in [6, 6.07) is 13.5. The van der Waals surface area contributed by atoms with E-state index in [1.165, 1.54) is 25.0 Å². The van der Waals surface area contributed by atoms with Gasteiger partial charge in [0.1, 0.15) is 18.2 Å². The standard InChI is InChI=1S/C17H17BrFNO/c18-14-7-12(8-15(19)9-14)11-21-17-4-2-1-3-13(17)10-20-16-5-6-16/h1-4,7-9,16,20H,5-6,10-11H2. The van der Waals surface area contributed by atoms with E-state index in [2.05, 4.69) is 27.3 Å². The van der Waals surface area contributed by atoms with Crippen LogP contribution in [0.25, 0.3) is 0 Å². The molecule has 2 aromatic rings. The fourth-order valence-corrected chi connectivity index (χ4v) is 2.70. The summed E-state index contributed by atoms with van der Waals surface area (Å²) in [6.45, 7) is 1.17. The van der Waals surface area contributed by atoms with Crippen LogP contribution in [0.5, 0.6) is 5.75 Å². The number of benzene rings is 2. The van der Waals surface area contributed by atoms with Crippen molar-refractivity contribution < 1.29 is 9.13 Å². The Bertz CT molecular complexity index is 608. The number of hydrogen-bond donors (Lipinski definition) is 1. The Morgan fingerprint density at radius 1 is 1.19 bits per heavy atom. The Morgan fingerprint density at radius 2 is 2.00 bits per heavy atom. The van der Waals surface area contributed by atoms with Gasteiger partial charge in [0, 0.05) is 22.6 Å². The molecule has 0 radical (unpaired) electrons. The molecular weight excluding hydrogens is 333 g/mol. The highest BCUT2D eigenvalue weighted by atomic mass is 79.9. The van der Waals surface area contributed by atoms with Crippen LogP contribution < -0.4 is 10.1 Å². The summed E-state index contributed by atoms with van der Waals surface area (Å²) < 4.78 is 19.9. The van der Waals surface area contributed by atoms with Crippen LogP contribution in [0.3, 0.4) is 0 Å². The van der Waals surface area contributed by atoms with Gasteiger partial charge in [-0.15, -0.1) is 0 Å². The van der Waals surface area contributed by atoms with Crippen molar-refractivity contribution in [1.29, 1.82) is 0 Å². The maximum Gasteiger partial charge on any atom is 0.124 e. The normalized spacial score (nSPS) is 14.2. The smallest absolute Gasteiger partial charge is 0.124 e. The summed E-state index contributed by atoms with van der Waals surface area (Å²) in [5, 5.41) is 3.48. The Balaban J connectivity index is 1.66. The van der Waals surface area contributed by atoms with Crippen LogP contribution in [0.15, 0.2) is 46.9 Å². The average molecular weight is 350 g/mol. The van der Waals surface area contributed by atoms with E-state index < -0.39 is 0 Å². The molecule has 2 nitrogen and oxygen atoms in total. The fraction of sp³-hybridized carbons (Fsp3) is 0.294. The molecule has 0 amide bonds. The number of hydrogen-bond acceptors (Lipinski definition) is 2. The highest BCUT2D eigenvalue weighted by molar-refractivity contribution is 9.10. The minimum Gasteiger partial charge on any atom is -0.489 e. The molecule has 0 saturated heterocycles. The minimum atomic E-state index is -0.258. The van der Waals surface area contributed by atoms with E-state index in [9.17, 15) is 4.39 Å². The van der Waals surface area contributed by atoms with Gasteiger partial charge in [0.2, 0.25) is 0 Å². The van der Waals surface area contributed by atoms with E-state index in [0.29, 0.717) is 12.6 Å². The molecule has 1 saturated carbocycles. The van der Waals surface area contributed by atoms with Gasteiger partial charge in [-0.1, -0.05) is 34.1 Å². The van der Waals surface area contributed by atoms with Gasteiger partial charge in [0.25, 0.3) is 0 Å². The molecule has 0 unspecified atom stereocenters. The highest BCUT2D eigenvalue weighted by Gasteiger charge is 2.20. The second-order valence-corrected chi connectivity index (χ2v) is 6.24. The molecule has 0 aromatic heterocycles. The fourth-order valence-electron chi connectivity index (χ4n) is 2.19. The quantitative estimate of drug-likeness (QED) is 0.833. The lowest BCUT2D eigenvalue weighted by molar-refractivity contribution is 0.301. The van der Waals surface area contributed by atoms with E-state index in [-0.39, 0.29) is 5.82 Å². The van der Waals surface area contributed by atoms with Gasteiger partial charge < -0.3 is 10.1 Å². The number of rotatable bonds is 6. The maximum absolute atomic E-state index is 13.4. The lowest BCUT2D eigenvalue weighted by Gasteiger charge is -2.12. The molecule has 110 valence electrons. The second kappa shape index (κ2) is 6.58. The van der Waals surface area contributed by atoms with E-state index in [1.807, 2.05) is 24.3 Å². The van der Waals surface area contributed by atoms with Crippen LogP contribution >= 0.6 is 15.9 Å². The van der Waals surface area contributed by atoms with Crippen LogP contribution in [0.2, 0.25) is 0 Å². The van der Waals surface area contributed by atoms with Crippen LogP contribution in [0, 0.1) is 5.82 Å². The van der Waals surface area contributed by atoms with Gasteiger partial charge in [-0.25, -0.2) is 4.39 Å². The van der Waals surface area contributed by atoms with Crippen LogP contribution in [0.4, 0.5) is 4.39 Å². The molecule has 1 aliphatic rings. The number of nitrogens with one attached hydrogen (secondary N) is 1. The Kier molecular flexibility index (Phi) is 4.56. The lowest BCUT2D eigenvalue weighted by atomic mass is 10.2. The van der Waals surface area contributed by atoms with Crippen molar-refractivity contribution in [3.05, 3.63) is 63.9 Å². The summed E-state index contributed by atoms with van der Waals surface area (Å²) in [5.74, 6) is 0.595. The maximum atomic E-state index is 13.4. The van der Waals surface area contributed by atoms with Gasteiger partial charge in [0.15, 0.2) is 0 Å². The molecule has 3 rings (SSSR count). The molecule has 0 heterocycles. The molecule has 0 spiro atoms. The van der Waals surface area contributed by atoms with Crippen LogP contribution in [0.1, 0.15) is 24.0 Å². The van der Waals surface area contributed by atoms with Crippen molar-refractivity contribution in [3.63, 3.8) is 0 Å². The van der Waals surface area contributed by atoms with Crippen molar-refractivity contribution in [2.75, 3.05) is 0 Å². The van der Waals surface area contributed by atoms with Crippen LogP contribution in [-0.4, -0.2) is 6.04 Å². The molecule has 0 bridgehead atoms. The van der Waals surface area contributed by atoms with E-state index in [1.54, 1.807) is 0 Å². The molecule has 1 N–H and O–H groups in total. The summed E-state index contributed by atoms with van der Waals surface area (Å²) in [4.78, 5) is 0. The number of ether oxygens (including phenoxy) is 1. The lowest BCUT2D eigenvalue weighted by Crippen LogP contribution is -2.16. The summed E-state index contributed by atoms with van der Waals surface area (Å²) >= 11 is 3.30. The molecule has 21 heavy (non-hydrogen) atoms. The zero-order chi connectivity index (χ0) is 14.7. The van der Waals surface area contributed by atoms with Gasteiger partial charge in [-0.05, 0) is 42.7 Å². The molecular formula is C17H17BrFNO. The molecule has 2 aromatic carbocycles. The molecule has 0 aliphatic heterocycles. The zero-order valence-corrected chi connectivity index (χ0v) is 13.2. The largest absolute Gasteiger partial charge is 0.489 e. The summed E-state index contributed by atoms with van der Waals surface area (Å²) in [5.41, 5.74) is 1.95. The Morgan fingerprint density at radius 3 is 2.76 bits per heavy atom. The first-order chi connectivity index (χ1) is 10.2. The van der Waals surface area contributed by atoms with Crippen molar-refractivity contribution in [2.45, 2.75) is 32.0 Å². The molecule has 4 heteroatoms. The van der Waals surface area contributed by atoms with Gasteiger partial charge in [0.05, 0.1) is 0 Å². The Labute approximate surface area is 132 Å². The monoisotopic (exact) mass is 349 g/mol. The van der Waals surface area contributed by atoms with Gasteiger partial charge in [-0.3, -0.25) is 0 Å². The molecule has 1 fully saturated rings. The predicted octanol–water partition coefficient (Wildman–Crippen LogP) is 4.42. The Hall–Kier alpha value is -1.39. The zero-order valence-electron chi connectivity index (χ0n) is 11.6. The number of halogens is 2. The third kappa shape index (κ3) is 4.29.